The Labute approximate surface area is 186 Å². The molecule has 3 aromatic rings. The number of alkyl halides is 3. The predicted octanol–water partition coefficient (Wildman–Crippen LogP) is 3.57. The molecule has 1 N–H and O–H groups in total. The molecule has 1 aliphatic heterocycles. The highest BCUT2D eigenvalue weighted by Gasteiger charge is 2.34. The van der Waals surface area contributed by atoms with Crippen molar-refractivity contribution in [3.05, 3.63) is 59.9 Å². The Morgan fingerprint density at radius 3 is 2.55 bits per heavy atom. The highest BCUT2D eigenvalue weighted by Crippen LogP contribution is 2.29. The van der Waals surface area contributed by atoms with Crippen LogP contribution in [0.1, 0.15) is 35.7 Å². The Hall–Kier alpha value is -3.57. The van der Waals surface area contributed by atoms with Crippen molar-refractivity contribution >= 4 is 11.9 Å². The minimum atomic E-state index is -4.52. The molecule has 0 radical (unpaired) electrons. The summed E-state index contributed by atoms with van der Waals surface area (Å²) >= 11 is 0. The lowest BCUT2D eigenvalue weighted by atomic mass is 9.90. The first-order chi connectivity index (χ1) is 15.7. The van der Waals surface area contributed by atoms with Crippen molar-refractivity contribution in [3.63, 3.8) is 0 Å². The molecule has 0 bridgehead atoms. The number of nitrogens with one attached hydrogen (secondary N) is 1. The van der Waals surface area contributed by atoms with Gasteiger partial charge in [0.05, 0.1) is 29.6 Å². The van der Waals surface area contributed by atoms with Crippen LogP contribution in [0.25, 0.3) is 5.69 Å². The lowest BCUT2D eigenvalue weighted by Gasteiger charge is -2.40. The van der Waals surface area contributed by atoms with Gasteiger partial charge in [0, 0.05) is 31.5 Å². The van der Waals surface area contributed by atoms with E-state index in [-0.39, 0.29) is 41.6 Å². The van der Waals surface area contributed by atoms with Crippen molar-refractivity contribution in [2.45, 2.75) is 32.0 Å². The van der Waals surface area contributed by atoms with Crippen molar-refractivity contribution in [1.29, 1.82) is 0 Å². The molecule has 1 aliphatic rings. The van der Waals surface area contributed by atoms with E-state index in [0.29, 0.717) is 18.9 Å². The molecule has 174 valence electrons. The summed E-state index contributed by atoms with van der Waals surface area (Å²) in [6.45, 7) is 2.72. The third-order valence-electron chi connectivity index (χ3n) is 5.65. The molecular formula is C21H21F4N7O. The number of anilines is 1. The van der Waals surface area contributed by atoms with Crippen molar-refractivity contribution < 1.29 is 22.4 Å². The van der Waals surface area contributed by atoms with Gasteiger partial charge in [0.25, 0.3) is 5.91 Å². The van der Waals surface area contributed by atoms with E-state index >= 15 is 0 Å². The van der Waals surface area contributed by atoms with Crippen LogP contribution >= 0.6 is 0 Å². The van der Waals surface area contributed by atoms with Gasteiger partial charge >= 0.3 is 6.18 Å². The van der Waals surface area contributed by atoms with Crippen LogP contribution in [0.15, 0.2) is 43.0 Å². The quantitative estimate of drug-likeness (QED) is 0.582. The number of piperidine rings is 1. The van der Waals surface area contributed by atoms with Crippen molar-refractivity contribution in [1.82, 2.24) is 29.9 Å². The molecule has 1 fully saturated rings. The highest BCUT2D eigenvalue weighted by molar-refractivity contribution is 5.98. The van der Waals surface area contributed by atoms with Crippen LogP contribution in [0, 0.1) is 11.7 Å². The lowest BCUT2D eigenvalue weighted by Crippen LogP contribution is -2.51. The van der Waals surface area contributed by atoms with Crippen LogP contribution < -0.4 is 5.32 Å². The molecule has 0 saturated carbocycles. The fraction of sp³-hybridized carbons (Fsp3) is 0.381. The summed E-state index contributed by atoms with van der Waals surface area (Å²) in [7, 11) is 0. The molecule has 2 atom stereocenters. The van der Waals surface area contributed by atoms with Gasteiger partial charge in [-0.2, -0.15) is 28.2 Å². The summed E-state index contributed by atoms with van der Waals surface area (Å²) < 4.78 is 52.1. The summed E-state index contributed by atoms with van der Waals surface area (Å²) in [5.41, 5.74) is -0.467. The largest absolute Gasteiger partial charge is 0.419 e. The minimum absolute atomic E-state index is 0.0383. The Morgan fingerprint density at radius 2 is 1.88 bits per heavy atom. The normalized spacial score (nSPS) is 18.9. The Balaban J connectivity index is 1.55. The summed E-state index contributed by atoms with van der Waals surface area (Å²) in [6.07, 6.45) is 1.43. The minimum Gasteiger partial charge on any atom is -0.352 e. The number of nitrogens with zero attached hydrogens (tertiary/aromatic N) is 6. The monoisotopic (exact) mass is 463 g/mol. The molecular weight excluding hydrogens is 442 g/mol. The van der Waals surface area contributed by atoms with Gasteiger partial charge in [-0.1, -0.05) is 6.92 Å². The number of rotatable bonds is 5. The number of benzene rings is 1. The zero-order valence-corrected chi connectivity index (χ0v) is 17.6. The second kappa shape index (κ2) is 9.12. The second-order valence-corrected chi connectivity index (χ2v) is 7.84. The number of hydrogen-bond acceptors (Lipinski definition) is 6. The van der Waals surface area contributed by atoms with Crippen molar-refractivity contribution in [2.75, 3.05) is 18.4 Å². The lowest BCUT2D eigenvalue weighted by molar-refractivity contribution is -0.138. The molecule has 33 heavy (non-hydrogen) atoms. The van der Waals surface area contributed by atoms with Crippen molar-refractivity contribution in [3.8, 4) is 5.69 Å². The van der Waals surface area contributed by atoms with E-state index < -0.39 is 17.6 Å². The van der Waals surface area contributed by atoms with E-state index in [0.717, 1.165) is 12.8 Å². The fourth-order valence-electron chi connectivity index (χ4n) is 3.92. The standard InChI is InChI=1S/C21H21F4N7O/c1-13-3-2-8-31(18(13)12-28-20-26-10-14(11-27-20)21(23,24)25)19(33)16-5-4-15(22)9-17(16)32-29-6-7-30-32/h4-7,9-11,13,18H,2-3,8,12H2,1H3,(H,26,27,28). The number of hydrogen-bond donors (Lipinski definition) is 1. The van der Waals surface area contributed by atoms with Crippen molar-refractivity contribution in [2.24, 2.45) is 5.92 Å². The van der Waals surface area contributed by atoms with Crippen LogP contribution in [0.3, 0.4) is 0 Å². The molecule has 4 rings (SSSR count). The Morgan fingerprint density at radius 1 is 1.18 bits per heavy atom. The predicted molar refractivity (Wildman–Crippen MR) is 110 cm³/mol. The van der Waals surface area contributed by atoms with E-state index in [2.05, 4.69) is 25.5 Å². The first kappa shape index (κ1) is 22.6. The smallest absolute Gasteiger partial charge is 0.352 e. The van der Waals surface area contributed by atoms with Crippen LogP contribution in [0.4, 0.5) is 23.5 Å². The molecule has 3 heterocycles. The molecule has 1 aromatic carbocycles. The van der Waals surface area contributed by atoms with Gasteiger partial charge in [-0.05, 0) is 30.9 Å². The fourth-order valence-corrected chi connectivity index (χ4v) is 3.92. The zero-order valence-electron chi connectivity index (χ0n) is 17.6. The molecule has 8 nitrogen and oxygen atoms in total. The second-order valence-electron chi connectivity index (χ2n) is 7.84. The zero-order chi connectivity index (χ0) is 23.6. The van der Waals surface area contributed by atoms with Gasteiger partial charge in [-0.3, -0.25) is 4.79 Å². The maximum atomic E-state index is 13.9. The number of halogens is 4. The summed E-state index contributed by atoms with van der Waals surface area (Å²) in [5, 5.41) is 11.0. The van der Waals surface area contributed by atoms with E-state index in [4.69, 9.17) is 0 Å². The van der Waals surface area contributed by atoms with Crippen LogP contribution in [-0.2, 0) is 6.18 Å². The Bertz CT molecular complexity index is 1100. The van der Waals surface area contributed by atoms with Gasteiger partial charge in [-0.15, -0.1) is 0 Å². The van der Waals surface area contributed by atoms with Crippen LogP contribution in [-0.4, -0.2) is 54.9 Å². The third-order valence-corrected chi connectivity index (χ3v) is 5.65. The van der Waals surface area contributed by atoms with Gasteiger partial charge < -0.3 is 10.2 Å². The number of aromatic nitrogens is 5. The average Bonchev–Trinajstić information content (AvgIpc) is 3.32. The maximum Gasteiger partial charge on any atom is 0.419 e. The summed E-state index contributed by atoms with van der Waals surface area (Å²) in [6, 6.07) is 3.53. The summed E-state index contributed by atoms with van der Waals surface area (Å²) in [4.78, 5) is 23.8. The number of amides is 1. The molecule has 12 heteroatoms. The maximum absolute atomic E-state index is 13.9. The molecule has 1 saturated heterocycles. The molecule has 2 aromatic heterocycles. The van der Waals surface area contributed by atoms with Gasteiger partial charge in [0.2, 0.25) is 5.95 Å². The molecule has 0 aliphatic carbocycles. The molecule has 1 amide bonds. The van der Waals surface area contributed by atoms with E-state index in [9.17, 15) is 22.4 Å². The number of carbonyl (C=O) groups excluding carboxylic acids is 1. The van der Waals surface area contributed by atoms with Gasteiger partial charge in [0.15, 0.2) is 0 Å². The van der Waals surface area contributed by atoms with Gasteiger partial charge in [-0.25, -0.2) is 14.4 Å². The SMILES string of the molecule is CC1CCCN(C(=O)c2ccc(F)cc2-n2nccn2)C1CNc1ncc(C(F)(F)F)cn1. The van der Waals surface area contributed by atoms with E-state index in [1.54, 1.807) is 4.90 Å². The number of likely N-dealkylation sites (tertiary alicyclic amines) is 1. The topological polar surface area (TPSA) is 88.8 Å². The summed E-state index contributed by atoms with van der Waals surface area (Å²) in [5.74, 6) is -0.690. The third kappa shape index (κ3) is 4.94. The van der Waals surface area contributed by atoms with Gasteiger partial charge in [0.1, 0.15) is 11.5 Å². The first-order valence-corrected chi connectivity index (χ1v) is 10.3. The first-order valence-electron chi connectivity index (χ1n) is 10.3. The Kier molecular flexibility index (Phi) is 6.25. The number of carbonyl (C=O) groups is 1. The highest BCUT2D eigenvalue weighted by atomic mass is 19.4. The van der Waals surface area contributed by atoms with E-state index in [1.807, 2.05) is 6.92 Å². The molecule has 2 unspecified atom stereocenters. The molecule has 0 spiro atoms. The van der Waals surface area contributed by atoms with Crippen LogP contribution in [0.5, 0.6) is 0 Å². The van der Waals surface area contributed by atoms with Crippen LogP contribution in [0.2, 0.25) is 0 Å². The van der Waals surface area contributed by atoms with E-state index in [1.165, 1.54) is 35.4 Å². The average molecular weight is 463 g/mol.